The van der Waals surface area contributed by atoms with Gasteiger partial charge in [-0.2, -0.15) is 0 Å². The van der Waals surface area contributed by atoms with Crippen LogP contribution in [0.3, 0.4) is 0 Å². The third-order valence-electron chi connectivity index (χ3n) is 3.51. The highest BCUT2D eigenvalue weighted by Crippen LogP contribution is 2.39. The van der Waals surface area contributed by atoms with E-state index in [1.54, 1.807) is 12.1 Å². The minimum absolute atomic E-state index is 0.277. The van der Waals surface area contributed by atoms with E-state index in [1.807, 2.05) is 6.07 Å². The van der Waals surface area contributed by atoms with Crippen molar-refractivity contribution in [2.24, 2.45) is 5.41 Å². The summed E-state index contributed by atoms with van der Waals surface area (Å²) in [5, 5.41) is 13.7. The zero-order valence-electron chi connectivity index (χ0n) is 9.59. The molecule has 0 saturated heterocycles. The molecule has 1 fully saturated rings. The molecule has 0 unspecified atom stereocenters. The highest BCUT2D eigenvalue weighted by Gasteiger charge is 2.30. The van der Waals surface area contributed by atoms with Crippen molar-refractivity contribution in [3.05, 3.63) is 28.8 Å². The van der Waals surface area contributed by atoms with Gasteiger partial charge in [0, 0.05) is 23.7 Å². The average molecular weight is 240 g/mol. The topological polar surface area (TPSA) is 32.3 Å². The molecule has 0 aromatic heterocycles. The molecule has 0 spiro atoms. The lowest BCUT2D eigenvalue weighted by Crippen LogP contribution is -2.37. The molecular formula is C13H18ClNO. The Labute approximate surface area is 102 Å². The van der Waals surface area contributed by atoms with Gasteiger partial charge in [-0.05, 0) is 30.4 Å². The van der Waals surface area contributed by atoms with Gasteiger partial charge in [-0.25, -0.2) is 0 Å². The van der Waals surface area contributed by atoms with Crippen LogP contribution in [0.15, 0.2) is 18.2 Å². The molecule has 2 rings (SSSR count). The van der Waals surface area contributed by atoms with Gasteiger partial charge in [0.1, 0.15) is 5.75 Å². The van der Waals surface area contributed by atoms with Gasteiger partial charge in [0.2, 0.25) is 0 Å². The molecule has 1 aliphatic rings. The quantitative estimate of drug-likeness (QED) is 0.845. The minimum atomic E-state index is 0.277. The van der Waals surface area contributed by atoms with Crippen LogP contribution in [0.5, 0.6) is 5.75 Å². The first-order valence-electron chi connectivity index (χ1n) is 5.78. The number of halogens is 1. The predicted molar refractivity (Wildman–Crippen MR) is 66.8 cm³/mol. The van der Waals surface area contributed by atoms with E-state index in [-0.39, 0.29) is 5.75 Å². The number of nitrogens with one attached hydrogen (secondary N) is 1. The first-order valence-corrected chi connectivity index (χ1v) is 6.16. The summed E-state index contributed by atoms with van der Waals surface area (Å²) in [5.41, 5.74) is 1.25. The Morgan fingerprint density at radius 2 is 2.19 bits per heavy atom. The Morgan fingerprint density at radius 3 is 2.75 bits per heavy atom. The molecule has 0 radical (unpaired) electrons. The molecule has 1 saturated carbocycles. The predicted octanol–water partition coefficient (Wildman–Crippen LogP) is 3.33. The van der Waals surface area contributed by atoms with Crippen LogP contribution in [0.4, 0.5) is 0 Å². The Bertz CT molecular complexity index is 354. The van der Waals surface area contributed by atoms with Crippen molar-refractivity contribution >= 4 is 11.6 Å². The molecule has 2 nitrogen and oxygen atoms in total. The summed E-state index contributed by atoms with van der Waals surface area (Å²) in [6.07, 6.45) is 3.94. The fraction of sp³-hybridized carbons (Fsp3) is 0.538. The van der Waals surface area contributed by atoms with Crippen LogP contribution in [0.1, 0.15) is 31.7 Å². The van der Waals surface area contributed by atoms with E-state index in [0.29, 0.717) is 17.0 Å². The highest BCUT2D eigenvalue weighted by molar-refractivity contribution is 6.31. The Balaban J connectivity index is 1.89. The summed E-state index contributed by atoms with van der Waals surface area (Å²) < 4.78 is 0. The first kappa shape index (κ1) is 11.7. The number of hydrogen-bond donors (Lipinski definition) is 2. The van der Waals surface area contributed by atoms with E-state index in [0.717, 1.165) is 12.1 Å². The summed E-state index contributed by atoms with van der Waals surface area (Å²) in [7, 11) is 0. The minimum Gasteiger partial charge on any atom is -0.508 e. The molecule has 1 aromatic rings. The van der Waals surface area contributed by atoms with Gasteiger partial charge in [0.15, 0.2) is 0 Å². The Morgan fingerprint density at radius 1 is 1.44 bits per heavy atom. The van der Waals surface area contributed by atoms with Gasteiger partial charge < -0.3 is 10.4 Å². The van der Waals surface area contributed by atoms with Gasteiger partial charge in [0.25, 0.3) is 0 Å². The maximum Gasteiger partial charge on any atom is 0.121 e. The van der Waals surface area contributed by atoms with E-state index < -0.39 is 0 Å². The van der Waals surface area contributed by atoms with E-state index in [9.17, 15) is 5.11 Å². The number of aromatic hydroxyl groups is 1. The van der Waals surface area contributed by atoms with Crippen molar-refractivity contribution in [3.8, 4) is 5.75 Å². The van der Waals surface area contributed by atoms with E-state index in [1.165, 1.54) is 19.3 Å². The third kappa shape index (κ3) is 2.50. The van der Waals surface area contributed by atoms with Crippen LogP contribution in [-0.2, 0) is 6.54 Å². The van der Waals surface area contributed by atoms with Gasteiger partial charge in [0.05, 0.1) is 0 Å². The maximum absolute atomic E-state index is 9.67. The molecule has 0 aliphatic heterocycles. The van der Waals surface area contributed by atoms with Gasteiger partial charge in [-0.1, -0.05) is 31.0 Å². The smallest absolute Gasteiger partial charge is 0.121 e. The second-order valence-corrected chi connectivity index (χ2v) is 5.41. The number of phenols is 1. The Kier molecular flexibility index (Phi) is 3.41. The molecule has 0 atom stereocenters. The van der Waals surface area contributed by atoms with Crippen molar-refractivity contribution < 1.29 is 5.11 Å². The largest absolute Gasteiger partial charge is 0.508 e. The molecule has 2 N–H and O–H groups in total. The van der Waals surface area contributed by atoms with Crippen molar-refractivity contribution in [1.29, 1.82) is 0 Å². The maximum atomic E-state index is 9.67. The van der Waals surface area contributed by atoms with Crippen LogP contribution in [0.2, 0.25) is 5.02 Å². The van der Waals surface area contributed by atoms with Crippen LogP contribution < -0.4 is 5.32 Å². The number of benzene rings is 1. The zero-order valence-corrected chi connectivity index (χ0v) is 10.3. The fourth-order valence-electron chi connectivity index (χ4n) is 2.17. The monoisotopic (exact) mass is 239 g/mol. The second kappa shape index (κ2) is 4.64. The van der Waals surface area contributed by atoms with Crippen LogP contribution in [0.25, 0.3) is 0 Å². The van der Waals surface area contributed by atoms with Crippen molar-refractivity contribution in [2.45, 2.75) is 32.7 Å². The lowest BCUT2D eigenvalue weighted by molar-refractivity contribution is 0.156. The lowest BCUT2D eigenvalue weighted by Gasteiger charge is -2.38. The molecule has 88 valence electrons. The highest BCUT2D eigenvalue weighted by atomic mass is 35.5. The number of phenolic OH excluding ortho intramolecular Hbond substituents is 1. The van der Waals surface area contributed by atoms with Crippen molar-refractivity contribution in [2.75, 3.05) is 6.54 Å². The fourth-order valence-corrected chi connectivity index (χ4v) is 2.41. The van der Waals surface area contributed by atoms with Gasteiger partial charge in [-0.15, -0.1) is 0 Å². The van der Waals surface area contributed by atoms with E-state index in [2.05, 4.69) is 12.2 Å². The molecule has 0 heterocycles. The van der Waals surface area contributed by atoms with Gasteiger partial charge in [-0.3, -0.25) is 0 Å². The van der Waals surface area contributed by atoms with E-state index in [4.69, 9.17) is 11.6 Å². The third-order valence-corrected chi connectivity index (χ3v) is 3.86. The van der Waals surface area contributed by atoms with Crippen molar-refractivity contribution in [1.82, 2.24) is 5.32 Å². The molecule has 1 aromatic carbocycles. The second-order valence-electron chi connectivity index (χ2n) is 5.01. The normalized spacial score (nSPS) is 18.1. The van der Waals surface area contributed by atoms with Crippen LogP contribution in [0, 0.1) is 5.41 Å². The number of hydrogen-bond acceptors (Lipinski definition) is 2. The molecule has 1 aliphatic carbocycles. The summed E-state index contributed by atoms with van der Waals surface area (Å²) in [5.74, 6) is 0.277. The van der Waals surface area contributed by atoms with Crippen LogP contribution in [-0.4, -0.2) is 11.7 Å². The number of rotatable bonds is 4. The molecular weight excluding hydrogens is 222 g/mol. The molecule has 0 bridgehead atoms. The first-order chi connectivity index (χ1) is 7.61. The summed E-state index contributed by atoms with van der Waals surface area (Å²) in [6.45, 7) is 3.94. The summed E-state index contributed by atoms with van der Waals surface area (Å²) in [6, 6.07) is 5.24. The molecule has 0 amide bonds. The SMILES string of the molecule is CC1(CNCc2c(O)cccc2Cl)CCC1. The standard InChI is InChI=1S/C13H18ClNO/c1-13(6-3-7-13)9-15-8-10-11(14)4-2-5-12(10)16/h2,4-5,15-16H,3,6-9H2,1H3. The van der Waals surface area contributed by atoms with Gasteiger partial charge >= 0.3 is 0 Å². The van der Waals surface area contributed by atoms with E-state index >= 15 is 0 Å². The van der Waals surface area contributed by atoms with Crippen LogP contribution >= 0.6 is 11.6 Å². The lowest BCUT2D eigenvalue weighted by atomic mass is 9.70. The summed E-state index contributed by atoms with van der Waals surface area (Å²) >= 11 is 6.03. The summed E-state index contributed by atoms with van der Waals surface area (Å²) in [4.78, 5) is 0. The molecule has 3 heteroatoms. The Hall–Kier alpha value is -0.730. The average Bonchev–Trinajstić information content (AvgIpc) is 2.20. The van der Waals surface area contributed by atoms with Crippen molar-refractivity contribution in [3.63, 3.8) is 0 Å². The molecule has 16 heavy (non-hydrogen) atoms. The zero-order chi connectivity index (χ0) is 11.6.